The van der Waals surface area contributed by atoms with Crippen LogP contribution in [-0.4, -0.2) is 36.4 Å². The minimum Gasteiger partial charge on any atom is -0.324 e. The zero-order valence-electron chi connectivity index (χ0n) is 11.4. The Bertz CT molecular complexity index is 483. The van der Waals surface area contributed by atoms with Crippen LogP contribution in [0.5, 0.6) is 0 Å². The fourth-order valence-corrected chi connectivity index (χ4v) is 2.48. The third-order valence-corrected chi connectivity index (χ3v) is 3.22. The van der Waals surface area contributed by atoms with E-state index in [1.54, 1.807) is 0 Å². The number of amides is 1. The zero-order chi connectivity index (χ0) is 14.2. The summed E-state index contributed by atoms with van der Waals surface area (Å²) in [4.78, 5) is 13.3. The summed E-state index contributed by atoms with van der Waals surface area (Å²) in [6, 6.07) is 3.97. The van der Waals surface area contributed by atoms with Crippen molar-refractivity contribution in [3.63, 3.8) is 0 Å². The molecule has 104 valence electrons. The fraction of sp³-hybridized carbons (Fsp3) is 0.500. The SMILES string of the molecule is Cc1cc(C)c(NC(=O)CN2CC(F)(F)C2)c(C)c1. The van der Waals surface area contributed by atoms with Gasteiger partial charge in [-0.15, -0.1) is 0 Å². The largest absolute Gasteiger partial charge is 0.324 e. The van der Waals surface area contributed by atoms with Gasteiger partial charge in [-0.3, -0.25) is 9.69 Å². The van der Waals surface area contributed by atoms with Crippen LogP contribution in [0.3, 0.4) is 0 Å². The second-order valence-corrected chi connectivity index (χ2v) is 5.32. The Kier molecular flexibility index (Phi) is 3.58. The van der Waals surface area contributed by atoms with Gasteiger partial charge in [-0.05, 0) is 31.9 Å². The van der Waals surface area contributed by atoms with E-state index in [-0.39, 0.29) is 25.5 Å². The van der Waals surface area contributed by atoms with Crippen molar-refractivity contribution in [2.45, 2.75) is 26.7 Å². The van der Waals surface area contributed by atoms with E-state index in [2.05, 4.69) is 5.32 Å². The maximum Gasteiger partial charge on any atom is 0.272 e. The number of carbonyl (C=O) groups is 1. The van der Waals surface area contributed by atoms with Crippen molar-refractivity contribution in [1.82, 2.24) is 4.90 Å². The second-order valence-electron chi connectivity index (χ2n) is 5.32. The van der Waals surface area contributed by atoms with Gasteiger partial charge < -0.3 is 5.32 Å². The van der Waals surface area contributed by atoms with Gasteiger partial charge in [0.05, 0.1) is 19.6 Å². The molecule has 0 aromatic heterocycles. The lowest BCUT2D eigenvalue weighted by Gasteiger charge is -2.38. The van der Waals surface area contributed by atoms with Gasteiger partial charge in [0.2, 0.25) is 5.91 Å². The van der Waals surface area contributed by atoms with Gasteiger partial charge in [0.25, 0.3) is 5.92 Å². The van der Waals surface area contributed by atoms with Crippen molar-refractivity contribution in [2.75, 3.05) is 25.0 Å². The molecular formula is C14H18F2N2O. The average molecular weight is 268 g/mol. The minimum atomic E-state index is -2.63. The number of carbonyl (C=O) groups excluding carboxylic acids is 1. The molecule has 0 radical (unpaired) electrons. The third kappa shape index (κ3) is 3.29. The predicted octanol–water partition coefficient (Wildman–Crippen LogP) is 2.50. The Hall–Kier alpha value is -1.49. The van der Waals surface area contributed by atoms with Crippen LogP contribution < -0.4 is 5.32 Å². The lowest BCUT2D eigenvalue weighted by atomic mass is 10.0. The molecule has 1 amide bonds. The number of alkyl halides is 2. The first kappa shape index (κ1) is 13.9. The van der Waals surface area contributed by atoms with Gasteiger partial charge in [0.15, 0.2) is 0 Å². The summed E-state index contributed by atoms with van der Waals surface area (Å²) in [5.41, 5.74) is 3.89. The minimum absolute atomic E-state index is 0.0162. The Morgan fingerprint density at radius 1 is 1.26 bits per heavy atom. The number of hydrogen-bond donors (Lipinski definition) is 1. The van der Waals surface area contributed by atoms with Gasteiger partial charge >= 0.3 is 0 Å². The van der Waals surface area contributed by atoms with Crippen molar-refractivity contribution in [3.05, 3.63) is 28.8 Å². The standard InChI is InChI=1S/C14H18F2N2O/c1-9-4-10(2)13(11(3)5-9)17-12(19)6-18-7-14(15,16)8-18/h4-5H,6-8H2,1-3H3,(H,17,19). The normalized spacial score (nSPS) is 17.9. The molecule has 1 aliphatic rings. The number of hydrogen-bond acceptors (Lipinski definition) is 2. The highest BCUT2D eigenvalue weighted by Gasteiger charge is 2.44. The van der Waals surface area contributed by atoms with E-state index in [9.17, 15) is 13.6 Å². The second kappa shape index (κ2) is 4.89. The van der Waals surface area contributed by atoms with Gasteiger partial charge in [-0.2, -0.15) is 0 Å². The predicted molar refractivity (Wildman–Crippen MR) is 70.7 cm³/mol. The summed E-state index contributed by atoms with van der Waals surface area (Å²) in [7, 11) is 0. The molecule has 3 nitrogen and oxygen atoms in total. The van der Waals surface area contributed by atoms with Crippen LogP contribution in [0.25, 0.3) is 0 Å². The lowest BCUT2D eigenvalue weighted by Crippen LogP contribution is -2.57. The number of aryl methyl sites for hydroxylation is 3. The summed E-state index contributed by atoms with van der Waals surface area (Å²) < 4.78 is 25.3. The van der Waals surface area contributed by atoms with Crippen molar-refractivity contribution < 1.29 is 13.6 Å². The smallest absolute Gasteiger partial charge is 0.272 e. The van der Waals surface area contributed by atoms with E-state index in [1.165, 1.54) is 4.90 Å². The van der Waals surface area contributed by atoms with Crippen molar-refractivity contribution >= 4 is 11.6 Å². The van der Waals surface area contributed by atoms with E-state index < -0.39 is 5.92 Å². The number of anilines is 1. The van der Waals surface area contributed by atoms with Crippen LogP contribution in [-0.2, 0) is 4.79 Å². The molecule has 1 saturated heterocycles. The number of nitrogens with zero attached hydrogens (tertiary/aromatic N) is 1. The maximum absolute atomic E-state index is 12.7. The molecule has 0 spiro atoms. The molecule has 2 rings (SSSR count). The highest BCUT2D eigenvalue weighted by molar-refractivity contribution is 5.93. The van der Waals surface area contributed by atoms with Crippen LogP contribution in [0.1, 0.15) is 16.7 Å². The molecule has 0 saturated carbocycles. The molecule has 0 atom stereocenters. The summed E-state index contributed by atoms with van der Waals surface area (Å²) >= 11 is 0. The van der Waals surface area contributed by atoms with E-state index in [1.807, 2.05) is 32.9 Å². The Morgan fingerprint density at radius 3 is 2.26 bits per heavy atom. The van der Waals surface area contributed by atoms with E-state index >= 15 is 0 Å². The molecule has 1 heterocycles. The number of likely N-dealkylation sites (tertiary alicyclic amines) is 1. The zero-order valence-corrected chi connectivity index (χ0v) is 11.4. The maximum atomic E-state index is 12.7. The van der Waals surface area contributed by atoms with Gasteiger partial charge in [-0.25, -0.2) is 8.78 Å². The highest BCUT2D eigenvalue weighted by atomic mass is 19.3. The van der Waals surface area contributed by atoms with Crippen LogP contribution in [0.15, 0.2) is 12.1 Å². The van der Waals surface area contributed by atoms with Crippen molar-refractivity contribution in [3.8, 4) is 0 Å². The summed E-state index contributed by atoms with van der Waals surface area (Å²) in [5.74, 6) is -2.87. The first-order valence-corrected chi connectivity index (χ1v) is 6.25. The molecule has 1 aromatic rings. The lowest BCUT2D eigenvalue weighted by molar-refractivity contribution is -0.141. The van der Waals surface area contributed by atoms with Gasteiger partial charge in [0, 0.05) is 5.69 Å². The molecule has 1 fully saturated rings. The van der Waals surface area contributed by atoms with Crippen LogP contribution in [0.2, 0.25) is 0 Å². The molecule has 1 aromatic carbocycles. The third-order valence-electron chi connectivity index (χ3n) is 3.22. The molecule has 1 N–H and O–H groups in total. The Labute approximate surface area is 111 Å². The topological polar surface area (TPSA) is 32.3 Å². The first-order chi connectivity index (χ1) is 8.77. The number of halogens is 2. The molecule has 0 bridgehead atoms. The van der Waals surface area contributed by atoms with Gasteiger partial charge in [-0.1, -0.05) is 17.7 Å². The van der Waals surface area contributed by atoms with E-state index in [0.29, 0.717) is 0 Å². The Morgan fingerprint density at radius 2 is 1.79 bits per heavy atom. The van der Waals surface area contributed by atoms with Crippen LogP contribution in [0.4, 0.5) is 14.5 Å². The van der Waals surface area contributed by atoms with Crippen LogP contribution in [0, 0.1) is 20.8 Å². The fourth-order valence-electron chi connectivity index (χ4n) is 2.48. The molecule has 5 heteroatoms. The number of rotatable bonds is 3. The number of nitrogens with one attached hydrogen (secondary N) is 1. The highest BCUT2D eigenvalue weighted by Crippen LogP contribution is 2.26. The molecular weight excluding hydrogens is 250 g/mol. The average Bonchev–Trinajstić information content (AvgIpc) is 2.20. The summed E-state index contributed by atoms with van der Waals surface area (Å²) in [6.45, 7) is 5.20. The summed E-state index contributed by atoms with van der Waals surface area (Å²) in [5, 5.41) is 2.81. The summed E-state index contributed by atoms with van der Waals surface area (Å²) in [6.07, 6.45) is 0. The van der Waals surface area contributed by atoms with E-state index in [4.69, 9.17) is 0 Å². The van der Waals surface area contributed by atoms with Crippen molar-refractivity contribution in [2.24, 2.45) is 0 Å². The monoisotopic (exact) mass is 268 g/mol. The Balaban J connectivity index is 1.96. The van der Waals surface area contributed by atoms with Crippen molar-refractivity contribution in [1.29, 1.82) is 0 Å². The van der Waals surface area contributed by atoms with Crippen LogP contribution >= 0.6 is 0 Å². The van der Waals surface area contributed by atoms with Gasteiger partial charge in [0.1, 0.15) is 0 Å². The molecule has 1 aliphatic heterocycles. The first-order valence-electron chi connectivity index (χ1n) is 6.25. The quantitative estimate of drug-likeness (QED) is 0.913. The molecule has 0 aliphatic carbocycles. The molecule has 19 heavy (non-hydrogen) atoms. The van der Waals surface area contributed by atoms with E-state index in [0.717, 1.165) is 22.4 Å². The molecule has 0 unspecified atom stereocenters. The number of benzene rings is 1.